The standard InChI is InChI=1S/C12H15ClN2O4S/c1-8(9-2-3-9)7-14-20(18,19)10-4-5-11(13)12(6-10)15(16)17/h4-6,8-9,14H,2-3,7H2,1H3. The summed E-state index contributed by atoms with van der Waals surface area (Å²) in [5, 5.41) is 10.7. The Morgan fingerprint density at radius 2 is 2.15 bits per heavy atom. The molecule has 1 fully saturated rings. The third-order valence-corrected chi connectivity index (χ3v) is 5.19. The van der Waals surface area contributed by atoms with Crippen LogP contribution in [0.2, 0.25) is 5.02 Å². The van der Waals surface area contributed by atoms with Gasteiger partial charge in [0.2, 0.25) is 10.0 Å². The van der Waals surface area contributed by atoms with Gasteiger partial charge in [0.05, 0.1) is 9.82 Å². The van der Waals surface area contributed by atoms with E-state index in [1.807, 2.05) is 6.92 Å². The van der Waals surface area contributed by atoms with Crippen LogP contribution in [0.15, 0.2) is 23.1 Å². The minimum Gasteiger partial charge on any atom is -0.258 e. The second kappa shape index (κ2) is 5.67. The quantitative estimate of drug-likeness (QED) is 0.644. The zero-order valence-electron chi connectivity index (χ0n) is 10.9. The number of rotatable bonds is 6. The Hall–Kier alpha value is -1.18. The molecule has 110 valence electrons. The number of nitro groups is 1. The van der Waals surface area contributed by atoms with E-state index in [9.17, 15) is 18.5 Å². The third-order valence-electron chi connectivity index (χ3n) is 3.45. The highest BCUT2D eigenvalue weighted by molar-refractivity contribution is 7.89. The van der Waals surface area contributed by atoms with Gasteiger partial charge in [-0.2, -0.15) is 0 Å². The van der Waals surface area contributed by atoms with E-state index in [1.54, 1.807) is 0 Å². The van der Waals surface area contributed by atoms with Gasteiger partial charge in [0.15, 0.2) is 0 Å². The van der Waals surface area contributed by atoms with Crippen LogP contribution < -0.4 is 4.72 Å². The molecular weight excluding hydrogens is 304 g/mol. The van der Waals surface area contributed by atoms with Gasteiger partial charge in [-0.1, -0.05) is 18.5 Å². The van der Waals surface area contributed by atoms with Crippen molar-refractivity contribution >= 4 is 27.3 Å². The van der Waals surface area contributed by atoms with Crippen molar-refractivity contribution in [3.63, 3.8) is 0 Å². The summed E-state index contributed by atoms with van der Waals surface area (Å²) < 4.78 is 26.7. The SMILES string of the molecule is CC(CNS(=O)(=O)c1ccc(Cl)c([N+](=O)[O-])c1)C1CC1. The van der Waals surface area contributed by atoms with Gasteiger partial charge in [0.1, 0.15) is 5.02 Å². The first-order valence-electron chi connectivity index (χ1n) is 6.25. The van der Waals surface area contributed by atoms with Crippen LogP contribution in [-0.2, 0) is 10.0 Å². The molecule has 1 aliphatic rings. The molecule has 0 spiro atoms. The van der Waals surface area contributed by atoms with E-state index >= 15 is 0 Å². The molecule has 0 heterocycles. The molecule has 1 aromatic rings. The summed E-state index contributed by atoms with van der Waals surface area (Å²) >= 11 is 5.66. The van der Waals surface area contributed by atoms with Crippen molar-refractivity contribution in [1.29, 1.82) is 0 Å². The molecule has 0 saturated heterocycles. The van der Waals surface area contributed by atoms with Gasteiger partial charge < -0.3 is 0 Å². The lowest BCUT2D eigenvalue weighted by Crippen LogP contribution is -2.29. The minimum absolute atomic E-state index is 0.0831. The maximum atomic E-state index is 12.1. The summed E-state index contributed by atoms with van der Waals surface area (Å²) in [5.74, 6) is 0.851. The van der Waals surface area contributed by atoms with Crippen molar-refractivity contribution < 1.29 is 13.3 Å². The van der Waals surface area contributed by atoms with E-state index in [-0.39, 0.29) is 15.8 Å². The second-order valence-corrected chi connectivity index (χ2v) is 7.21. The lowest BCUT2D eigenvalue weighted by molar-refractivity contribution is -0.384. The van der Waals surface area contributed by atoms with Gasteiger partial charge >= 0.3 is 0 Å². The molecule has 20 heavy (non-hydrogen) atoms. The lowest BCUT2D eigenvalue weighted by atomic mass is 10.1. The molecule has 0 aliphatic heterocycles. The van der Waals surface area contributed by atoms with Crippen LogP contribution >= 0.6 is 11.6 Å². The maximum absolute atomic E-state index is 12.1. The maximum Gasteiger partial charge on any atom is 0.289 e. The molecule has 8 heteroatoms. The Morgan fingerprint density at radius 3 is 2.70 bits per heavy atom. The Kier molecular flexibility index (Phi) is 4.31. The molecule has 0 bridgehead atoms. The van der Waals surface area contributed by atoms with Crippen LogP contribution in [0.1, 0.15) is 19.8 Å². The predicted octanol–water partition coefficient (Wildman–Crippen LogP) is 2.57. The summed E-state index contributed by atoms with van der Waals surface area (Å²) in [6.07, 6.45) is 2.27. The van der Waals surface area contributed by atoms with Crippen molar-refractivity contribution in [3.8, 4) is 0 Å². The van der Waals surface area contributed by atoms with Gasteiger partial charge in [0.25, 0.3) is 5.69 Å². The van der Waals surface area contributed by atoms with Crippen LogP contribution in [-0.4, -0.2) is 19.9 Å². The monoisotopic (exact) mass is 318 g/mol. The molecule has 1 N–H and O–H groups in total. The zero-order valence-corrected chi connectivity index (χ0v) is 12.4. The summed E-state index contributed by atoms with van der Waals surface area (Å²) in [5.41, 5.74) is -0.412. The number of sulfonamides is 1. The fraction of sp³-hybridized carbons (Fsp3) is 0.500. The molecule has 0 amide bonds. The van der Waals surface area contributed by atoms with E-state index < -0.39 is 20.6 Å². The molecular formula is C12H15ClN2O4S. The molecule has 6 nitrogen and oxygen atoms in total. The normalized spacial score (nSPS) is 16.9. The van der Waals surface area contributed by atoms with E-state index in [0.717, 1.165) is 18.9 Å². The number of nitrogens with one attached hydrogen (secondary N) is 1. The molecule has 1 unspecified atom stereocenters. The van der Waals surface area contributed by atoms with E-state index in [1.165, 1.54) is 12.1 Å². The van der Waals surface area contributed by atoms with Crippen molar-refractivity contribution in [1.82, 2.24) is 4.72 Å². The van der Waals surface area contributed by atoms with Gasteiger partial charge in [-0.25, -0.2) is 13.1 Å². The molecule has 2 rings (SSSR count). The Balaban J connectivity index is 2.16. The summed E-state index contributed by atoms with van der Waals surface area (Å²) in [7, 11) is -3.75. The first-order valence-corrected chi connectivity index (χ1v) is 8.11. The lowest BCUT2D eigenvalue weighted by Gasteiger charge is -2.12. The number of nitro benzene ring substituents is 1. The van der Waals surface area contributed by atoms with E-state index in [4.69, 9.17) is 11.6 Å². The highest BCUT2D eigenvalue weighted by atomic mass is 35.5. The topological polar surface area (TPSA) is 89.3 Å². The molecule has 1 saturated carbocycles. The number of hydrogen-bond acceptors (Lipinski definition) is 4. The zero-order chi connectivity index (χ0) is 14.9. The summed E-state index contributed by atoms with van der Waals surface area (Å²) in [6, 6.07) is 3.46. The first kappa shape index (κ1) is 15.2. The van der Waals surface area contributed by atoms with Gasteiger partial charge in [-0.05, 0) is 36.8 Å². The third kappa shape index (κ3) is 3.47. The highest BCUT2D eigenvalue weighted by Gasteiger charge is 2.29. The second-order valence-electron chi connectivity index (χ2n) is 5.04. The van der Waals surface area contributed by atoms with Crippen LogP contribution in [0.25, 0.3) is 0 Å². The van der Waals surface area contributed by atoms with Crippen LogP contribution in [0.4, 0.5) is 5.69 Å². The molecule has 0 radical (unpaired) electrons. The highest BCUT2D eigenvalue weighted by Crippen LogP contribution is 2.36. The number of nitrogens with zero attached hydrogens (tertiary/aromatic N) is 1. The van der Waals surface area contributed by atoms with Gasteiger partial charge in [-0.15, -0.1) is 0 Å². The average molecular weight is 319 g/mol. The fourth-order valence-electron chi connectivity index (χ4n) is 1.96. The Labute approximate surface area is 122 Å². The van der Waals surface area contributed by atoms with Crippen LogP contribution in [0.3, 0.4) is 0 Å². The molecule has 0 aromatic heterocycles. The minimum atomic E-state index is -3.75. The number of hydrogen-bond donors (Lipinski definition) is 1. The first-order chi connectivity index (χ1) is 9.31. The fourth-order valence-corrected chi connectivity index (χ4v) is 3.31. The van der Waals surface area contributed by atoms with Crippen molar-refractivity contribution in [2.75, 3.05) is 6.54 Å². The van der Waals surface area contributed by atoms with Gasteiger partial charge in [0, 0.05) is 12.6 Å². The van der Waals surface area contributed by atoms with Crippen LogP contribution in [0, 0.1) is 22.0 Å². The number of benzene rings is 1. The van der Waals surface area contributed by atoms with Crippen molar-refractivity contribution in [2.24, 2.45) is 11.8 Å². The average Bonchev–Trinajstić information content (AvgIpc) is 3.20. The van der Waals surface area contributed by atoms with Crippen molar-refractivity contribution in [3.05, 3.63) is 33.3 Å². The smallest absolute Gasteiger partial charge is 0.258 e. The molecule has 1 aromatic carbocycles. The predicted molar refractivity (Wildman–Crippen MR) is 75.2 cm³/mol. The Bertz CT molecular complexity index is 628. The van der Waals surface area contributed by atoms with E-state index in [0.29, 0.717) is 12.5 Å². The summed E-state index contributed by atoms with van der Waals surface area (Å²) in [4.78, 5) is 9.93. The van der Waals surface area contributed by atoms with Gasteiger partial charge in [-0.3, -0.25) is 10.1 Å². The summed E-state index contributed by atoms with van der Waals surface area (Å²) in [6.45, 7) is 2.33. The largest absolute Gasteiger partial charge is 0.289 e. The molecule has 1 atom stereocenters. The van der Waals surface area contributed by atoms with E-state index in [2.05, 4.69) is 4.72 Å². The number of halogens is 1. The molecule has 1 aliphatic carbocycles. The van der Waals surface area contributed by atoms with Crippen LogP contribution in [0.5, 0.6) is 0 Å². The Morgan fingerprint density at radius 1 is 1.50 bits per heavy atom. The van der Waals surface area contributed by atoms with Crippen molar-refractivity contribution in [2.45, 2.75) is 24.7 Å².